The van der Waals surface area contributed by atoms with Crippen molar-refractivity contribution in [2.24, 2.45) is 5.92 Å². The van der Waals surface area contributed by atoms with Gasteiger partial charge < -0.3 is 14.9 Å². The molecular weight excluding hydrogens is 400 g/mol. The maximum absolute atomic E-state index is 13.1. The quantitative estimate of drug-likeness (QED) is 0.743. The Kier molecular flexibility index (Phi) is 5.46. The van der Waals surface area contributed by atoms with Crippen molar-refractivity contribution in [1.29, 1.82) is 0 Å². The minimum absolute atomic E-state index is 0.0462. The molecule has 8 nitrogen and oxygen atoms in total. The Balaban J connectivity index is 1.47. The van der Waals surface area contributed by atoms with Gasteiger partial charge in [0, 0.05) is 0 Å². The molecular formula is C23H22N2O6. The van der Waals surface area contributed by atoms with Crippen LogP contribution in [0.3, 0.4) is 0 Å². The normalized spacial score (nSPS) is 22.2. The van der Waals surface area contributed by atoms with E-state index >= 15 is 0 Å². The second-order valence-corrected chi connectivity index (χ2v) is 7.78. The van der Waals surface area contributed by atoms with Crippen LogP contribution in [0.5, 0.6) is 0 Å². The molecule has 0 saturated heterocycles. The van der Waals surface area contributed by atoms with Gasteiger partial charge in [0.1, 0.15) is 12.1 Å². The Hall–Kier alpha value is -3.68. The largest absolute Gasteiger partial charge is 0.445 e. The molecule has 0 spiro atoms. The summed E-state index contributed by atoms with van der Waals surface area (Å²) in [5.74, 6) is -2.54. The van der Waals surface area contributed by atoms with Gasteiger partial charge in [-0.3, -0.25) is 9.59 Å². The molecule has 2 atom stereocenters. The third-order valence-electron chi connectivity index (χ3n) is 5.88. The van der Waals surface area contributed by atoms with Crippen LogP contribution < -0.4 is 5.32 Å². The maximum Gasteiger partial charge on any atom is 0.408 e. The summed E-state index contributed by atoms with van der Waals surface area (Å²) in [5.41, 5.74) is -0.240. The fourth-order valence-corrected chi connectivity index (χ4v) is 4.08. The van der Waals surface area contributed by atoms with Crippen LogP contribution in [0.25, 0.3) is 0 Å². The summed E-state index contributed by atoms with van der Waals surface area (Å²) in [7, 11) is 0. The SMILES string of the molecule is CC1CCCC1(NC(=O)OCc1ccccc1)C(=O)ON1C(=O)c2ccccc2C1=O. The predicted molar refractivity (Wildman–Crippen MR) is 109 cm³/mol. The number of hydrogen-bond donors (Lipinski definition) is 1. The van der Waals surface area contributed by atoms with Crippen LogP contribution in [0.2, 0.25) is 0 Å². The molecule has 8 heteroatoms. The number of imide groups is 1. The molecule has 1 saturated carbocycles. The predicted octanol–water partition coefficient (Wildman–Crippen LogP) is 3.23. The molecule has 2 aliphatic rings. The fourth-order valence-electron chi connectivity index (χ4n) is 4.08. The Labute approximate surface area is 179 Å². The highest BCUT2D eigenvalue weighted by atomic mass is 16.7. The fraction of sp³-hybridized carbons (Fsp3) is 0.304. The monoisotopic (exact) mass is 422 g/mol. The van der Waals surface area contributed by atoms with Crippen molar-refractivity contribution in [3.05, 3.63) is 71.3 Å². The van der Waals surface area contributed by atoms with E-state index in [-0.39, 0.29) is 23.7 Å². The summed E-state index contributed by atoms with van der Waals surface area (Å²) in [6.45, 7) is 1.86. The van der Waals surface area contributed by atoms with Gasteiger partial charge >= 0.3 is 12.1 Å². The molecule has 0 bridgehead atoms. The summed E-state index contributed by atoms with van der Waals surface area (Å²) in [4.78, 5) is 56.0. The molecule has 160 valence electrons. The number of rotatable bonds is 5. The lowest BCUT2D eigenvalue weighted by Crippen LogP contribution is -2.58. The van der Waals surface area contributed by atoms with E-state index in [0.717, 1.165) is 5.56 Å². The number of hydrogen-bond acceptors (Lipinski definition) is 6. The molecule has 2 aromatic rings. The summed E-state index contributed by atoms with van der Waals surface area (Å²) in [5, 5.41) is 3.12. The first-order valence-corrected chi connectivity index (χ1v) is 10.1. The van der Waals surface area contributed by atoms with Crippen molar-refractivity contribution < 1.29 is 28.8 Å². The number of nitrogens with one attached hydrogen (secondary N) is 1. The van der Waals surface area contributed by atoms with E-state index in [9.17, 15) is 19.2 Å². The summed E-state index contributed by atoms with van der Waals surface area (Å²) in [6.07, 6.45) is 0.904. The lowest BCUT2D eigenvalue weighted by molar-refractivity contribution is -0.178. The van der Waals surface area contributed by atoms with Crippen LogP contribution >= 0.6 is 0 Å². The molecule has 0 radical (unpaired) electrons. The van der Waals surface area contributed by atoms with Gasteiger partial charge in [0.25, 0.3) is 11.8 Å². The third-order valence-corrected chi connectivity index (χ3v) is 5.88. The number of alkyl carbamates (subject to hydrolysis) is 1. The maximum atomic E-state index is 13.1. The molecule has 3 amide bonds. The van der Waals surface area contributed by atoms with Crippen LogP contribution in [0.15, 0.2) is 54.6 Å². The number of benzene rings is 2. The first-order chi connectivity index (χ1) is 14.9. The molecule has 1 N–H and O–H groups in total. The zero-order chi connectivity index (χ0) is 22.0. The second-order valence-electron chi connectivity index (χ2n) is 7.78. The molecule has 1 heterocycles. The minimum atomic E-state index is -1.39. The van der Waals surface area contributed by atoms with Crippen molar-refractivity contribution in [2.75, 3.05) is 0 Å². The molecule has 1 aliphatic carbocycles. The van der Waals surface area contributed by atoms with E-state index in [1.54, 1.807) is 12.1 Å². The van der Waals surface area contributed by atoms with E-state index in [2.05, 4.69) is 5.32 Å². The van der Waals surface area contributed by atoms with Crippen LogP contribution in [0, 0.1) is 5.92 Å². The highest BCUT2D eigenvalue weighted by molar-refractivity contribution is 6.21. The standard InChI is InChI=1S/C23H22N2O6/c1-15-8-7-13-23(15,24-22(29)30-14-16-9-3-2-4-10-16)21(28)31-25-19(26)17-11-5-6-12-18(17)20(25)27/h2-6,9-12,15H,7-8,13-14H2,1H3,(H,24,29). The van der Waals surface area contributed by atoms with Gasteiger partial charge in [0.15, 0.2) is 0 Å². The Morgan fingerprint density at radius 2 is 1.65 bits per heavy atom. The van der Waals surface area contributed by atoms with Gasteiger partial charge in [0.05, 0.1) is 11.1 Å². The van der Waals surface area contributed by atoms with E-state index < -0.39 is 29.4 Å². The van der Waals surface area contributed by atoms with Gasteiger partial charge in [-0.25, -0.2) is 9.59 Å². The zero-order valence-electron chi connectivity index (χ0n) is 17.0. The zero-order valence-corrected chi connectivity index (χ0v) is 17.0. The Morgan fingerprint density at radius 1 is 1.03 bits per heavy atom. The van der Waals surface area contributed by atoms with Crippen LogP contribution in [-0.4, -0.2) is 34.5 Å². The van der Waals surface area contributed by atoms with Crippen LogP contribution in [0.1, 0.15) is 52.5 Å². The molecule has 1 fully saturated rings. The van der Waals surface area contributed by atoms with E-state index in [4.69, 9.17) is 9.57 Å². The Bertz CT molecular complexity index is 1000. The highest BCUT2D eigenvalue weighted by Gasteiger charge is 2.52. The lowest BCUT2D eigenvalue weighted by Gasteiger charge is -2.32. The average molecular weight is 422 g/mol. The Morgan fingerprint density at radius 3 is 2.23 bits per heavy atom. The van der Waals surface area contributed by atoms with Gasteiger partial charge in [-0.2, -0.15) is 0 Å². The molecule has 31 heavy (non-hydrogen) atoms. The van der Waals surface area contributed by atoms with Crippen molar-refractivity contribution in [3.63, 3.8) is 0 Å². The first-order valence-electron chi connectivity index (χ1n) is 10.1. The number of ether oxygens (including phenoxy) is 1. The van der Waals surface area contributed by atoms with Crippen LogP contribution in [0.4, 0.5) is 4.79 Å². The van der Waals surface area contributed by atoms with Gasteiger partial charge in [-0.1, -0.05) is 60.9 Å². The number of carbonyl (C=O) groups excluding carboxylic acids is 4. The second kappa shape index (κ2) is 8.22. The number of nitrogens with zero attached hydrogens (tertiary/aromatic N) is 1. The van der Waals surface area contributed by atoms with Crippen molar-refractivity contribution in [3.8, 4) is 0 Å². The van der Waals surface area contributed by atoms with Crippen molar-refractivity contribution >= 4 is 23.9 Å². The summed E-state index contributed by atoms with van der Waals surface area (Å²) in [6, 6.07) is 15.4. The highest BCUT2D eigenvalue weighted by Crippen LogP contribution is 2.37. The molecule has 2 unspecified atom stereocenters. The number of fused-ring (bicyclic) bond motifs is 1. The van der Waals surface area contributed by atoms with E-state index in [1.807, 2.05) is 37.3 Å². The number of amides is 3. The number of carbonyl (C=O) groups is 4. The molecule has 4 rings (SSSR count). The van der Waals surface area contributed by atoms with Crippen molar-refractivity contribution in [1.82, 2.24) is 10.4 Å². The average Bonchev–Trinajstić information content (AvgIpc) is 3.26. The minimum Gasteiger partial charge on any atom is -0.445 e. The van der Waals surface area contributed by atoms with Gasteiger partial charge in [0.2, 0.25) is 0 Å². The van der Waals surface area contributed by atoms with E-state index in [0.29, 0.717) is 24.3 Å². The van der Waals surface area contributed by atoms with E-state index in [1.165, 1.54) is 12.1 Å². The van der Waals surface area contributed by atoms with Crippen LogP contribution in [-0.2, 0) is 21.0 Å². The van der Waals surface area contributed by atoms with Gasteiger partial charge in [-0.05, 0) is 36.5 Å². The summed E-state index contributed by atoms with van der Waals surface area (Å²) < 4.78 is 5.27. The summed E-state index contributed by atoms with van der Waals surface area (Å²) >= 11 is 0. The number of hydroxylamine groups is 2. The lowest BCUT2D eigenvalue weighted by atomic mass is 9.88. The molecule has 2 aromatic carbocycles. The topological polar surface area (TPSA) is 102 Å². The first kappa shape index (κ1) is 20.6. The smallest absolute Gasteiger partial charge is 0.408 e. The van der Waals surface area contributed by atoms with Crippen molar-refractivity contribution in [2.45, 2.75) is 38.3 Å². The molecule has 0 aromatic heterocycles. The van der Waals surface area contributed by atoms with Gasteiger partial charge in [-0.15, -0.1) is 0 Å². The molecule has 1 aliphatic heterocycles. The third kappa shape index (κ3) is 3.76.